The smallest absolute Gasteiger partial charge is 0.256 e. The van der Waals surface area contributed by atoms with Crippen LogP contribution in [0.5, 0.6) is 17.2 Å². The van der Waals surface area contributed by atoms with E-state index in [1.54, 1.807) is 37.4 Å². The number of amides is 1. The number of fused-ring (bicyclic) bond motifs is 1. The van der Waals surface area contributed by atoms with Crippen molar-refractivity contribution in [3.05, 3.63) is 53.6 Å². The summed E-state index contributed by atoms with van der Waals surface area (Å²) in [5.74, 6) is 0.812. The van der Waals surface area contributed by atoms with Crippen LogP contribution in [0.25, 0.3) is 11.0 Å². The Labute approximate surface area is 179 Å². The molecule has 0 unspecified atom stereocenters. The van der Waals surface area contributed by atoms with E-state index < -0.39 is 0 Å². The molecule has 3 aromatic rings. The number of ether oxygens (including phenoxy) is 3. The highest BCUT2D eigenvalue weighted by molar-refractivity contribution is 5.96. The number of hydrogen-bond acceptors (Lipinski definition) is 7. The van der Waals surface area contributed by atoms with Gasteiger partial charge >= 0.3 is 0 Å². The predicted molar refractivity (Wildman–Crippen MR) is 114 cm³/mol. The summed E-state index contributed by atoms with van der Waals surface area (Å²) in [6.07, 6.45) is 1.92. The molecule has 1 fully saturated rings. The summed E-state index contributed by atoms with van der Waals surface area (Å²) in [6.45, 7) is 1.12. The van der Waals surface area contributed by atoms with Gasteiger partial charge in [-0.15, -0.1) is 0 Å². The predicted octanol–water partition coefficient (Wildman–Crippen LogP) is 3.30. The molecule has 0 saturated carbocycles. The van der Waals surface area contributed by atoms with Gasteiger partial charge in [-0.3, -0.25) is 4.79 Å². The van der Waals surface area contributed by atoms with Crippen LogP contribution < -0.4 is 20.3 Å². The van der Waals surface area contributed by atoms with Gasteiger partial charge in [-0.2, -0.15) is 0 Å². The lowest BCUT2D eigenvalue weighted by atomic mass is 10.1. The van der Waals surface area contributed by atoms with Gasteiger partial charge in [-0.1, -0.05) is 0 Å². The molecule has 0 radical (unpaired) electrons. The maximum Gasteiger partial charge on any atom is 0.256 e. The zero-order chi connectivity index (χ0) is 21.8. The number of benzene rings is 2. The Morgan fingerprint density at radius 3 is 2.81 bits per heavy atom. The van der Waals surface area contributed by atoms with E-state index in [1.165, 1.54) is 19.2 Å². The fraction of sp³-hybridized carbons (Fsp3) is 0.304. The van der Waals surface area contributed by atoms with Crippen molar-refractivity contribution in [2.45, 2.75) is 18.9 Å². The molecule has 1 saturated heterocycles. The van der Waals surface area contributed by atoms with Crippen molar-refractivity contribution in [1.29, 1.82) is 0 Å². The summed E-state index contributed by atoms with van der Waals surface area (Å²) in [7, 11) is 3.09. The van der Waals surface area contributed by atoms with E-state index in [2.05, 4.69) is 10.3 Å². The van der Waals surface area contributed by atoms with Crippen molar-refractivity contribution in [2.75, 3.05) is 27.4 Å². The molecule has 1 amide bonds. The molecule has 1 aromatic heterocycles. The summed E-state index contributed by atoms with van der Waals surface area (Å²) < 4.78 is 22.2. The second-order valence-electron chi connectivity index (χ2n) is 7.18. The summed E-state index contributed by atoms with van der Waals surface area (Å²) in [5, 5.41) is 13.4. The topological polar surface area (TPSA) is 103 Å². The normalized spacial score (nSPS) is 16.5. The molecule has 8 nitrogen and oxygen atoms in total. The summed E-state index contributed by atoms with van der Waals surface area (Å²) in [6, 6.07) is 11.5. The average molecular weight is 424 g/mol. The summed E-state index contributed by atoms with van der Waals surface area (Å²) in [5.41, 5.74) is 1.20. The quantitative estimate of drug-likeness (QED) is 0.630. The molecule has 2 N–H and O–H groups in total. The lowest BCUT2D eigenvalue weighted by Crippen LogP contribution is -2.34. The minimum absolute atomic E-state index is 0.0113. The number of carbonyl (C=O) groups excluding carboxylic acids is 1. The van der Waals surface area contributed by atoms with Crippen LogP contribution in [0.1, 0.15) is 23.2 Å². The lowest BCUT2D eigenvalue weighted by molar-refractivity contribution is 0.0854. The third kappa shape index (κ3) is 4.64. The maximum absolute atomic E-state index is 13.0. The highest BCUT2D eigenvalue weighted by Gasteiger charge is 2.19. The number of nitrogens with one attached hydrogen (secondary N) is 1. The van der Waals surface area contributed by atoms with Crippen molar-refractivity contribution in [3.8, 4) is 17.2 Å². The van der Waals surface area contributed by atoms with E-state index in [0.717, 1.165) is 12.8 Å². The first-order valence-electron chi connectivity index (χ1n) is 10.0. The van der Waals surface area contributed by atoms with E-state index in [4.69, 9.17) is 18.6 Å². The molecule has 8 heteroatoms. The number of rotatable bonds is 6. The molecular weight excluding hydrogens is 400 g/mol. The Balaban J connectivity index is 1.81. The number of nitrogens with zero attached hydrogens (tertiary/aromatic N) is 1. The van der Waals surface area contributed by atoms with Gasteiger partial charge in [0.1, 0.15) is 34.1 Å². The Morgan fingerprint density at radius 1 is 1.19 bits per heavy atom. The molecule has 4 rings (SSSR count). The van der Waals surface area contributed by atoms with Gasteiger partial charge in [0, 0.05) is 30.7 Å². The minimum atomic E-state index is -0.324. The van der Waals surface area contributed by atoms with E-state index in [9.17, 15) is 9.90 Å². The molecule has 2 heterocycles. The van der Waals surface area contributed by atoms with Gasteiger partial charge in [0.15, 0.2) is 0 Å². The van der Waals surface area contributed by atoms with E-state index in [0.29, 0.717) is 41.3 Å². The second kappa shape index (κ2) is 9.09. The van der Waals surface area contributed by atoms with Crippen LogP contribution in [0.15, 0.2) is 51.9 Å². The molecule has 1 aliphatic rings. The van der Waals surface area contributed by atoms with Crippen molar-refractivity contribution < 1.29 is 28.5 Å². The Kier molecular flexibility index (Phi) is 6.08. The number of carbonyl (C=O) groups is 1. The SMILES string of the molecule is COc1ccc(OC)c(N=c2oc3cc(O)ccc3cc2C(=O)NC[C@@H]2CCCO2)c1. The molecule has 0 aliphatic carbocycles. The zero-order valence-corrected chi connectivity index (χ0v) is 17.4. The fourth-order valence-corrected chi connectivity index (χ4v) is 3.45. The molecule has 2 aromatic carbocycles. The van der Waals surface area contributed by atoms with Crippen molar-refractivity contribution in [1.82, 2.24) is 5.32 Å². The van der Waals surface area contributed by atoms with Gasteiger partial charge in [0.05, 0.1) is 20.3 Å². The van der Waals surface area contributed by atoms with Crippen molar-refractivity contribution in [2.24, 2.45) is 4.99 Å². The average Bonchev–Trinajstić information content (AvgIpc) is 3.30. The molecule has 31 heavy (non-hydrogen) atoms. The van der Waals surface area contributed by atoms with Crippen LogP contribution in [0.2, 0.25) is 0 Å². The van der Waals surface area contributed by atoms with Crippen LogP contribution in [0.3, 0.4) is 0 Å². The van der Waals surface area contributed by atoms with Crippen LogP contribution in [-0.4, -0.2) is 44.5 Å². The highest BCUT2D eigenvalue weighted by Crippen LogP contribution is 2.31. The van der Waals surface area contributed by atoms with Gasteiger partial charge < -0.3 is 29.1 Å². The molecule has 162 valence electrons. The molecular formula is C23H24N2O6. The van der Waals surface area contributed by atoms with Crippen LogP contribution >= 0.6 is 0 Å². The van der Waals surface area contributed by atoms with E-state index >= 15 is 0 Å². The lowest BCUT2D eigenvalue weighted by Gasteiger charge is -2.11. The molecule has 1 atom stereocenters. The first-order chi connectivity index (χ1) is 15.1. The van der Waals surface area contributed by atoms with Crippen molar-refractivity contribution >= 4 is 22.6 Å². The highest BCUT2D eigenvalue weighted by atomic mass is 16.5. The second-order valence-corrected chi connectivity index (χ2v) is 7.18. The van der Waals surface area contributed by atoms with E-state index in [1.807, 2.05) is 0 Å². The number of hydrogen-bond donors (Lipinski definition) is 2. The maximum atomic E-state index is 13.0. The minimum Gasteiger partial charge on any atom is -0.508 e. The van der Waals surface area contributed by atoms with Gasteiger partial charge in [0.2, 0.25) is 5.55 Å². The van der Waals surface area contributed by atoms with Crippen LogP contribution in [-0.2, 0) is 4.74 Å². The number of phenolic OH excluding ortho intramolecular Hbond substituents is 1. The molecule has 1 aliphatic heterocycles. The Morgan fingerprint density at radius 2 is 2.06 bits per heavy atom. The Hall–Kier alpha value is -3.52. The number of aromatic hydroxyl groups is 1. The first-order valence-corrected chi connectivity index (χ1v) is 10.0. The van der Waals surface area contributed by atoms with Gasteiger partial charge in [0.25, 0.3) is 5.91 Å². The third-order valence-electron chi connectivity index (χ3n) is 5.10. The zero-order valence-electron chi connectivity index (χ0n) is 17.4. The first kappa shape index (κ1) is 20.7. The summed E-state index contributed by atoms with van der Waals surface area (Å²) >= 11 is 0. The standard InChI is InChI=1S/C23H24N2O6/c1-28-16-7-8-20(29-2)19(12-16)25-23-18(22(27)24-13-17-4-3-9-30-17)10-14-5-6-15(26)11-21(14)31-23/h5-8,10-12,17,26H,3-4,9,13H2,1-2H3,(H,24,27)/t17-/m0/s1. The van der Waals surface area contributed by atoms with Gasteiger partial charge in [-0.25, -0.2) is 4.99 Å². The molecule has 0 bridgehead atoms. The number of methoxy groups -OCH3 is 2. The Bertz CT molecular complexity index is 1160. The van der Waals surface area contributed by atoms with Crippen LogP contribution in [0, 0.1) is 0 Å². The largest absolute Gasteiger partial charge is 0.508 e. The fourth-order valence-electron chi connectivity index (χ4n) is 3.45. The molecule has 0 spiro atoms. The summed E-state index contributed by atoms with van der Waals surface area (Å²) in [4.78, 5) is 17.6. The number of phenols is 1. The van der Waals surface area contributed by atoms with Crippen LogP contribution in [0.4, 0.5) is 5.69 Å². The van der Waals surface area contributed by atoms with E-state index in [-0.39, 0.29) is 28.9 Å². The van der Waals surface area contributed by atoms with Gasteiger partial charge in [-0.05, 0) is 43.2 Å². The van der Waals surface area contributed by atoms with Crippen molar-refractivity contribution in [3.63, 3.8) is 0 Å². The monoisotopic (exact) mass is 424 g/mol. The third-order valence-corrected chi connectivity index (χ3v) is 5.10.